The lowest BCUT2D eigenvalue weighted by Crippen LogP contribution is -2.27. The van der Waals surface area contributed by atoms with Gasteiger partial charge in [0.25, 0.3) is 0 Å². The predicted octanol–water partition coefficient (Wildman–Crippen LogP) is 2.75. The molecule has 118 valence electrons. The summed E-state index contributed by atoms with van der Waals surface area (Å²) in [5.74, 6) is 1.73. The number of para-hydroxylation sites is 2. The molecule has 0 saturated carbocycles. The molecular weight excluding hydrogens is 302 g/mol. The van der Waals surface area contributed by atoms with Gasteiger partial charge in [0.05, 0.1) is 23.7 Å². The van der Waals surface area contributed by atoms with Crippen LogP contribution in [0.25, 0.3) is 11.0 Å². The number of hydrogen-bond acceptors (Lipinski definition) is 5. The van der Waals surface area contributed by atoms with E-state index in [4.69, 9.17) is 10.5 Å². The zero-order valence-corrected chi connectivity index (χ0v) is 13.0. The number of benzene rings is 2. The largest absolute Gasteiger partial charge is 0.497 e. The molecule has 0 spiro atoms. The average Bonchev–Trinajstić information content (AvgIpc) is 2.98. The summed E-state index contributed by atoms with van der Waals surface area (Å²) in [5, 5.41) is 12.7. The molecule has 6 heteroatoms. The number of methoxy groups -OCH3 is 1. The van der Waals surface area contributed by atoms with Gasteiger partial charge in [-0.05, 0) is 29.8 Å². The number of fused-ring (bicyclic) bond motifs is 3. The molecular formula is C18H15N5O. The van der Waals surface area contributed by atoms with Gasteiger partial charge in [-0.15, -0.1) is 0 Å². The molecule has 0 fully saturated rings. The Morgan fingerprint density at radius 2 is 1.96 bits per heavy atom. The summed E-state index contributed by atoms with van der Waals surface area (Å²) < 4.78 is 7.23. The Morgan fingerprint density at radius 3 is 2.67 bits per heavy atom. The van der Waals surface area contributed by atoms with Crippen molar-refractivity contribution in [3.63, 3.8) is 0 Å². The third-order valence-electron chi connectivity index (χ3n) is 4.22. The van der Waals surface area contributed by atoms with Crippen molar-refractivity contribution in [2.75, 3.05) is 12.4 Å². The quantitative estimate of drug-likeness (QED) is 0.758. The minimum atomic E-state index is -0.329. The molecule has 0 bridgehead atoms. The topological polar surface area (TPSA) is 88.9 Å². The van der Waals surface area contributed by atoms with Crippen LogP contribution in [0, 0.1) is 11.3 Å². The number of nitriles is 1. The van der Waals surface area contributed by atoms with Crippen LogP contribution in [0.4, 0.5) is 5.95 Å². The maximum atomic E-state index is 9.64. The summed E-state index contributed by atoms with van der Waals surface area (Å²) in [6, 6.07) is 17.4. The Balaban J connectivity index is 1.97. The SMILES string of the molecule is COc1ccc([C@H]2C(C#N)=C(N)Nc3nc4ccccc4n32)cc1. The van der Waals surface area contributed by atoms with E-state index in [2.05, 4.69) is 16.4 Å². The van der Waals surface area contributed by atoms with Gasteiger partial charge in [0.1, 0.15) is 23.7 Å². The van der Waals surface area contributed by atoms with Crippen LogP contribution in [0.2, 0.25) is 0 Å². The Hall–Kier alpha value is -3.46. The van der Waals surface area contributed by atoms with Crippen molar-refractivity contribution in [1.82, 2.24) is 9.55 Å². The van der Waals surface area contributed by atoms with Gasteiger partial charge in [0, 0.05) is 0 Å². The first-order chi connectivity index (χ1) is 11.7. The highest BCUT2D eigenvalue weighted by Gasteiger charge is 2.30. The van der Waals surface area contributed by atoms with E-state index in [1.54, 1.807) is 7.11 Å². The lowest BCUT2D eigenvalue weighted by atomic mass is 9.97. The molecule has 2 aromatic carbocycles. The number of nitrogens with zero attached hydrogens (tertiary/aromatic N) is 3. The first-order valence-corrected chi connectivity index (χ1v) is 7.50. The summed E-state index contributed by atoms with van der Waals surface area (Å²) in [5.41, 5.74) is 9.29. The second kappa shape index (κ2) is 5.32. The molecule has 4 rings (SSSR count). The lowest BCUT2D eigenvalue weighted by Gasteiger charge is -2.27. The maximum Gasteiger partial charge on any atom is 0.210 e. The van der Waals surface area contributed by atoms with E-state index in [0.29, 0.717) is 17.3 Å². The fourth-order valence-corrected chi connectivity index (χ4v) is 3.08. The standard InChI is InChI=1S/C18H15N5O/c1-24-12-8-6-11(7-9-12)16-13(10-19)17(20)22-18-21-14-4-2-3-5-15(14)23(16)18/h2-9,16H,20H2,1H3,(H,21,22)/t16-/m0/s1. The van der Waals surface area contributed by atoms with Crippen molar-refractivity contribution in [2.45, 2.75) is 6.04 Å². The van der Waals surface area contributed by atoms with E-state index < -0.39 is 0 Å². The highest BCUT2D eigenvalue weighted by molar-refractivity contribution is 5.80. The number of rotatable bonds is 2. The van der Waals surface area contributed by atoms with E-state index in [0.717, 1.165) is 22.3 Å². The second-order valence-electron chi connectivity index (χ2n) is 5.53. The van der Waals surface area contributed by atoms with E-state index in [9.17, 15) is 5.26 Å². The Kier molecular flexibility index (Phi) is 3.14. The van der Waals surface area contributed by atoms with Crippen LogP contribution in [0.1, 0.15) is 11.6 Å². The molecule has 1 aliphatic rings. The minimum Gasteiger partial charge on any atom is -0.497 e. The summed E-state index contributed by atoms with van der Waals surface area (Å²) in [6.07, 6.45) is 0. The number of anilines is 1. The van der Waals surface area contributed by atoms with Crippen LogP contribution in [0.3, 0.4) is 0 Å². The molecule has 2 heterocycles. The molecule has 24 heavy (non-hydrogen) atoms. The number of aromatic nitrogens is 2. The number of ether oxygens (including phenoxy) is 1. The number of nitrogens with two attached hydrogens (primary N) is 1. The van der Waals surface area contributed by atoms with Crippen LogP contribution in [0.15, 0.2) is 59.9 Å². The van der Waals surface area contributed by atoms with Crippen molar-refractivity contribution < 1.29 is 4.74 Å². The fraction of sp³-hybridized carbons (Fsp3) is 0.111. The van der Waals surface area contributed by atoms with Crippen LogP contribution in [0.5, 0.6) is 5.75 Å². The van der Waals surface area contributed by atoms with Gasteiger partial charge in [-0.3, -0.25) is 4.57 Å². The highest BCUT2D eigenvalue weighted by atomic mass is 16.5. The smallest absolute Gasteiger partial charge is 0.210 e. The Bertz CT molecular complexity index is 994. The predicted molar refractivity (Wildman–Crippen MR) is 91.3 cm³/mol. The van der Waals surface area contributed by atoms with E-state index >= 15 is 0 Å². The molecule has 6 nitrogen and oxygen atoms in total. The first-order valence-electron chi connectivity index (χ1n) is 7.50. The Labute approximate surface area is 138 Å². The van der Waals surface area contributed by atoms with Gasteiger partial charge in [0.15, 0.2) is 0 Å². The fourth-order valence-electron chi connectivity index (χ4n) is 3.08. The summed E-state index contributed by atoms with van der Waals surface area (Å²) >= 11 is 0. The third kappa shape index (κ3) is 1.99. The van der Waals surface area contributed by atoms with Crippen LogP contribution >= 0.6 is 0 Å². The van der Waals surface area contributed by atoms with Gasteiger partial charge < -0.3 is 15.8 Å². The van der Waals surface area contributed by atoms with Gasteiger partial charge in [-0.1, -0.05) is 24.3 Å². The number of imidazole rings is 1. The first kappa shape index (κ1) is 14.2. The molecule has 1 aliphatic heterocycles. The number of hydrogen-bond donors (Lipinski definition) is 2. The number of nitrogens with one attached hydrogen (secondary N) is 1. The van der Waals surface area contributed by atoms with E-state index in [-0.39, 0.29) is 6.04 Å². The van der Waals surface area contributed by atoms with Crippen molar-refractivity contribution in [3.8, 4) is 11.8 Å². The molecule has 0 saturated heterocycles. The van der Waals surface area contributed by atoms with E-state index in [1.807, 2.05) is 53.1 Å². The highest BCUT2D eigenvalue weighted by Crippen LogP contribution is 2.38. The van der Waals surface area contributed by atoms with Crippen molar-refractivity contribution >= 4 is 17.0 Å². The van der Waals surface area contributed by atoms with Crippen LogP contribution in [-0.2, 0) is 0 Å². The third-order valence-corrected chi connectivity index (χ3v) is 4.22. The Morgan fingerprint density at radius 1 is 1.21 bits per heavy atom. The van der Waals surface area contributed by atoms with Gasteiger partial charge in [-0.2, -0.15) is 5.26 Å². The minimum absolute atomic E-state index is 0.329. The monoisotopic (exact) mass is 317 g/mol. The van der Waals surface area contributed by atoms with Crippen LogP contribution < -0.4 is 15.8 Å². The van der Waals surface area contributed by atoms with Gasteiger partial charge in [0.2, 0.25) is 5.95 Å². The second-order valence-corrected chi connectivity index (χ2v) is 5.53. The summed E-state index contributed by atoms with van der Waals surface area (Å²) in [6.45, 7) is 0. The molecule has 3 N–H and O–H groups in total. The van der Waals surface area contributed by atoms with Crippen molar-refractivity contribution in [3.05, 3.63) is 65.5 Å². The zero-order valence-electron chi connectivity index (χ0n) is 13.0. The zero-order chi connectivity index (χ0) is 16.7. The summed E-state index contributed by atoms with van der Waals surface area (Å²) in [4.78, 5) is 4.59. The number of allylic oxidation sites excluding steroid dienone is 1. The average molecular weight is 317 g/mol. The van der Waals surface area contributed by atoms with Crippen molar-refractivity contribution in [1.29, 1.82) is 5.26 Å². The molecule has 1 atom stereocenters. The molecule has 3 aromatic rings. The molecule has 0 radical (unpaired) electrons. The normalized spacial score (nSPS) is 16.4. The molecule has 1 aromatic heterocycles. The lowest BCUT2D eigenvalue weighted by molar-refractivity contribution is 0.414. The van der Waals surface area contributed by atoms with Gasteiger partial charge in [-0.25, -0.2) is 4.98 Å². The maximum absolute atomic E-state index is 9.64. The molecule has 0 amide bonds. The summed E-state index contributed by atoms with van der Waals surface area (Å²) in [7, 11) is 1.62. The van der Waals surface area contributed by atoms with Crippen molar-refractivity contribution in [2.24, 2.45) is 5.73 Å². The van der Waals surface area contributed by atoms with Crippen LogP contribution in [-0.4, -0.2) is 16.7 Å². The molecule has 0 unspecified atom stereocenters. The van der Waals surface area contributed by atoms with E-state index in [1.165, 1.54) is 0 Å². The van der Waals surface area contributed by atoms with Gasteiger partial charge >= 0.3 is 0 Å². The molecule has 0 aliphatic carbocycles.